The Morgan fingerprint density at radius 3 is 2.15 bits per heavy atom. The number of hydrogen-bond donors (Lipinski definition) is 1. The normalized spacial score (nSPS) is 24.1. The van der Waals surface area contributed by atoms with E-state index in [0.717, 1.165) is 11.0 Å². The summed E-state index contributed by atoms with van der Waals surface area (Å²) in [6, 6.07) is 3.64. The van der Waals surface area contributed by atoms with Gasteiger partial charge in [-0.25, -0.2) is 0 Å². The van der Waals surface area contributed by atoms with E-state index in [1.807, 2.05) is 12.1 Å². The summed E-state index contributed by atoms with van der Waals surface area (Å²) < 4.78 is 12.3. The molecule has 0 radical (unpaired) electrons. The van der Waals surface area contributed by atoms with Crippen LogP contribution in [-0.4, -0.2) is 23.4 Å². The predicted octanol–water partition coefficient (Wildman–Crippen LogP) is 2.88. The Bertz CT molecular complexity index is 531. The first kappa shape index (κ1) is 14.0. The van der Waals surface area contributed by atoms with Gasteiger partial charge in [0.2, 0.25) is 0 Å². The highest BCUT2D eigenvalue weighted by Gasteiger charge is 2.52. The highest BCUT2D eigenvalue weighted by Crippen LogP contribution is 2.43. The van der Waals surface area contributed by atoms with Crippen molar-refractivity contribution >= 4 is 12.6 Å². The van der Waals surface area contributed by atoms with Crippen molar-refractivity contribution in [2.45, 2.75) is 64.6 Å². The Hall–Kier alpha value is -0.995. The van der Waals surface area contributed by atoms with Crippen molar-refractivity contribution in [1.82, 2.24) is 0 Å². The first-order valence-corrected chi connectivity index (χ1v) is 7.40. The van der Waals surface area contributed by atoms with Crippen LogP contribution in [0.4, 0.5) is 0 Å². The van der Waals surface area contributed by atoms with Crippen LogP contribution in [0.5, 0.6) is 5.75 Å². The fraction of sp³-hybridized carbons (Fsp3) is 0.625. The van der Waals surface area contributed by atoms with E-state index in [1.165, 1.54) is 18.4 Å². The Kier molecular flexibility index (Phi) is 2.97. The van der Waals surface area contributed by atoms with Crippen molar-refractivity contribution in [3.8, 4) is 5.75 Å². The summed E-state index contributed by atoms with van der Waals surface area (Å²) in [5.74, 6) is 0.890. The predicted molar refractivity (Wildman–Crippen MR) is 80.5 cm³/mol. The minimum Gasteiger partial charge on any atom is -0.508 e. The highest BCUT2D eigenvalue weighted by molar-refractivity contribution is 6.62. The van der Waals surface area contributed by atoms with Gasteiger partial charge in [-0.1, -0.05) is 0 Å². The molecular weight excluding hydrogens is 251 g/mol. The second-order valence-electron chi connectivity index (χ2n) is 7.13. The number of phenolic OH excluding ortho intramolecular Hbond substituents is 1. The molecule has 3 rings (SSSR count). The van der Waals surface area contributed by atoms with Crippen molar-refractivity contribution in [2.75, 3.05) is 0 Å². The van der Waals surface area contributed by atoms with E-state index >= 15 is 0 Å². The van der Waals surface area contributed by atoms with E-state index in [0.29, 0.717) is 5.92 Å². The molecule has 1 aliphatic heterocycles. The van der Waals surface area contributed by atoms with Gasteiger partial charge >= 0.3 is 7.12 Å². The van der Waals surface area contributed by atoms with E-state index in [2.05, 4.69) is 34.6 Å². The molecule has 1 aliphatic carbocycles. The van der Waals surface area contributed by atoms with E-state index in [-0.39, 0.29) is 24.1 Å². The molecule has 2 aliphatic rings. The first-order chi connectivity index (χ1) is 9.21. The third-order valence-corrected chi connectivity index (χ3v) is 4.90. The van der Waals surface area contributed by atoms with Crippen LogP contribution < -0.4 is 5.46 Å². The molecular formula is C16H23BO3. The summed E-state index contributed by atoms with van der Waals surface area (Å²) >= 11 is 0. The Labute approximate surface area is 121 Å². The van der Waals surface area contributed by atoms with Crippen molar-refractivity contribution in [3.05, 3.63) is 23.3 Å². The second-order valence-corrected chi connectivity index (χ2v) is 7.13. The third kappa shape index (κ3) is 2.15. The van der Waals surface area contributed by atoms with Crippen LogP contribution in [0.1, 0.15) is 57.6 Å². The van der Waals surface area contributed by atoms with Crippen LogP contribution in [-0.2, 0) is 9.31 Å². The molecule has 1 saturated heterocycles. The molecule has 0 spiro atoms. The van der Waals surface area contributed by atoms with Crippen molar-refractivity contribution < 1.29 is 14.4 Å². The summed E-state index contributed by atoms with van der Waals surface area (Å²) in [5, 5.41) is 9.93. The SMILES string of the molecule is Cc1cc(O)cc(B2OC(C)(C)C(C)(C)O2)c1C1CC1. The van der Waals surface area contributed by atoms with Gasteiger partial charge in [-0.2, -0.15) is 0 Å². The lowest BCUT2D eigenvalue weighted by Crippen LogP contribution is -2.41. The maximum absolute atomic E-state index is 9.93. The molecule has 3 nitrogen and oxygen atoms in total. The van der Waals surface area contributed by atoms with Crippen molar-refractivity contribution in [2.24, 2.45) is 0 Å². The van der Waals surface area contributed by atoms with Gasteiger partial charge in [0.15, 0.2) is 0 Å². The van der Waals surface area contributed by atoms with Crippen LogP contribution in [0.2, 0.25) is 0 Å². The Morgan fingerprint density at radius 1 is 1.10 bits per heavy atom. The fourth-order valence-electron chi connectivity index (χ4n) is 2.90. The number of phenols is 1. The van der Waals surface area contributed by atoms with Crippen LogP contribution >= 0.6 is 0 Å². The summed E-state index contributed by atoms with van der Waals surface area (Å²) in [4.78, 5) is 0. The molecule has 0 atom stereocenters. The first-order valence-electron chi connectivity index (χ1n) is 7.40. The maximum Gasteiger partial charge on any atom is 0.495 e. The zero-order chi connectivity index (χ0) is 14.7. The van der Waals surface area contributed by atoms with E-state index < -0.39 is 0 Å². The summed E-state index contributed by atoms with van der Waals surface area (Å²) in [5.41, 5.74) is 2.75. The lowest BCUT2D eigenvalue weighted by molar-refractivity contribution is 0.00578. The lowest BCUT2D eigenvalue weighted by atomic mass is 9.73. The van der Waals surface area contributed by atoms with Crippen LogP contribution in [0, 0.1) is 6.92 Å². The van der Waals surface area contributed by atoms with Crippen LogP contribution in [0.3, 0.4) is 0 Å². The molecule has 0 bridgehead atoms. The third-order valence-electron chi connectivity index (χ3n) is 4.90. The van der Waals surface area contributed by atoms with Gasteiger partial charge < -0.3 is 14.4 Å². The molecule has 1 saturated carbocycles. The summed E-state index contributed by atoms with van der Waals surface area (Å²) in [7, 11) is -0.388. The monoisotopic (exact) mass is 274 g/mol. The molecule has 1 heterocycles. The topological polar surface area (TPSA) is 38.7 Å². The molecule has 2 fully saturated rings. The van der Waals surface area contributed by atoms with Crippen molar-refractivity contribution in [1.29, 1.82) is 0 Å². The average molecular weight is 274 g/mol. The van der Waals surface area contributed by atoms with Gasteiger partial charge in [0.05, 0.1) is 11.2 Å². The minimum atomic E-state index is -0.388. The molecule has 108 valence electrons. The standard InChI is InChI=1S/C16H23BO3/c1-10-8-12(18)9-13(14(10)11-6-7-11)17-19-15(2,3)16(4,5)20-17/h8-9,11,18H,6-7H2,1-5H3. The van der Waals surface area contributed by atoms with E-state index in [4.69, 9.17) is 9.31 Å². The Balaban J connectivity index is 2.03. The zero-order valence-corrected chi connectivity index (χ0v) is 13.0. The summed E-state index contributed by atoms with van der Waals surface area (Å²) in [6.45, 7) is 10.3. The van der Waals surface area contributed by atoms with Gasteiger partial charge in [0.1, 0.15) is 5.75 Å². The quantitative estimate of drug-likeness (QED) is 0.843. The number of hydrogen-bond acceptors (Lipinski definition) is 3. The van der Waals surface area contributed by atoms with Gasteiger partial charge in [0, 0.05) is 0 Å². The van der Waals surface area contributed by atoms with Crippen LogP contribution in [0.25, 0.3) is 0 Å². The summed E-state index contributed by atoms with van der Waals surface area (Å²) in [6.07, 6.45) is 2.44. The number of rotatable bonds is 2. The second kappa shape index (κ2) is 4.25. The molecule has 4 heteroatoms. The van der Waals surface area contributed by atoms with Gasteiger partial charge in [-0.3, -0.25) is 0 Å². The van der Waals surface area contributed by atoms with E-state index in [9.17, 15) is 5.11 Å². The van der Waals surface area contributed by atoms with Gasteiger partial charge in [-0.15, -0.1) is 0 Å². The molecule has 1 aromatic carbocycles. The minimum absolute atomic E-state index is 0.289. The fourth-order valence-corrected chi connectivity index (χ4v) is 2.90. The lowest BCUT2D eigenvalue weighted by Gasteiger charge is -2.32. The molecule has 0 unspecified atom stereocenters. The number of aryl methyl sites for hydroxylation is 1. The highest BCUT2D eigenvalue weighted by atomic mass is 16.7. The van der Waals surface area contributed by atoms with Gasteiger partial charge in [0.25, 0.3) is 0 Å². The maximum atomic E-state index is 9.93. The van der Waals surface area contributed by atoms with Crippen molar-refractivity contribution in [3.63, 3.8) is 0 Å². The number of aromatic hydroxyl groups is 1. The number of benzene rings is 1. The molecule has 1 N–H and O–H groups in total. The molecule has 0 aromatic heterocycles. The Morgan fingerprint density at radius 2 is 1.65 bits per heavy atom. The smallest absolute Gasteiger partial charge is 0.495 e. The average Bonchev–Trinajstić information content (AvgIpc) is 3.06. The zero-order valence-electron chi connectivity index (χ0n) is 13.0. The molecule has 0 amide bonds. The van der Waals surface area contributed by atoms with Crippen LogP contribution in [0.15, 0.2) is 12.1 Å². The molecule has 20 heavy (non-hydrogen) atoms. The molecule has 1 aromatic rings. The van der Waals surface area contributed by atoms with Gasteiger partial charge in [-0.05, 0) is 82.1 Å². The van der Waals surface area contributed by atoms with E-state index in [1.54, 1.807) is 0 Å². The largest absolute Gasteiger partial charge is 0.508 e.